The number of rotatable bonds is 8. The summed E-state index contributed by atoms with van der Waals surface area (Å²) in [4.78, 5) is 13.5. The minimum absolute atomic E-state index is 0.0571. The number of benzene rings is 1. The highest BCUT2D eigenvalue weighted by Gasteiger charge is 2.20. The van der Waals surface area contributed by atoms with E-state index in [0.29, 0.717) is 18.1 Å². The van der Waals surface area contributed by atoms with Gasteiger partial charge in [0, 0.05) is 44.7 Å². The largest absolute Gasteiger partial charge is 0.443 e. The molecule has 8 heteroatoms. The molecule has 0 spiro atoms. The Balaban J connectivity index is 1.39. The van der Waals surface area contributed by atoms with E-state index in [1.165, 1.54) is 6.07 Å². The van der Waals surface area contributed by atoms with Crippen LogP contribution in [0.3, 0.4) is 0 Å². The highest BCUT2D eigenvalue weighted by Crippen LogP contribution is 2.23. The van der Waals surface area contributed by atoms with Gasteiger partial charge in [0.2, 0.25) is 5.89 Å². The number of piperazine rings is 1. The van der Waals surface area contributed by atoms with Crippen molar-refractivity contribution in [3.05, 3.63) is 47.9 Å². The average molecular weight is 445 g/mol. The third kappa shape index (κ3) is 6.95. The minimum atomic E-state index is -0.139. The van der Waals surface area contributed by atoms with E-state index in [2.05, 4.69) is 58.1 Å². The lowest BCUT2D eigenvalue weighted by Crippen LogP contribution is -2.47. The fraction of sp³-hybridized carbons (Fsp3) is 0.583. The summed E-state index contributed by atoms with van der Waals surface area (Å²) >= 11 is 0. The smallest absolute Gasteiger partial charge is 0.216 e. The second-order valence-corrected chi connectivity index (χ2v) is 9.12. The van der Waals surface area contributed by atoms with Crippen LogP contribution in [0.4, 0.5) is 10.1 Å². The molecule has 3 rings (SSSR count). The van der Waals surface area contributed by atoms with Crippen LogP contribution in [0, 0.1) is 5.82 Å². The molecule has 1 aromatic carbocycles. The standard InChI is InChI=1S/C24H37FN6O/c1-5-26-23(29-18-22-28-17-21(32-22)24(2,3)4)27-11-8-12-30-13-15-31(16-14-30)20-10-7-6-9-19(20)25/h6-7,9-10,17H,5,8,11-16,18H2,1-4H3,(H2,26,27,29). The molecule has 1 fully saturated rings. The quantitative estimate of drug-likeness (QED) is 0.370. The molecule has 0 radical (unpaired) electrons. The van der Waals surface area contributed by atoms with E-state index in [1.807, 2.05) is 12.1 Å². The van der Waals surface area contributed by atoms with Crippen molar-refractivity contribution in [1.82, 2.24) is 20.5 Å². The summed E-state index contributed by atoms with van der Waals surface area (Å²) in [5, 5.41) is 6.66. The second kappa shape index (κ2) is 11.3. The molecule has 0 bridgehead atoms. The molecule has 1 aromatic heterocycles. The molecule has 1 saturated heterocycles. The van der Waals surface area contributed by atoms with E-state index in [-0.39, 0.29) is 11.2 Å². The van der Waals surface area contributed by atoms with Gasteiger partial charge < -0.3 is 20.0 Å². The molecule has 2 heterocycles. The van der Waals surface area contributed by atoms with Crippen LogP contribution in [-0.2, 0) is 12.0 Å². The van der Waals surface area contributed by atoms with Crippen molar-refractivity contribution < 1.29 is 8.81 Å². The molecular weight excluding hydrogens is 407 g/mol. The first-order valence-electron chi connectivity index (χ1n) is 11.6. The molecule has 1 aliphatic rings. The van der Waals surface area contributed by atoms with Crippen molar-refractivity contribution in [1.29, 1.82) is 0 Å². The van der Waals surface area contributed by atoms with E-state index in [1.54, 1.807) is 12.3 Å². The van der Waals surface area contributed by atoms with E-state index < -0.39 is 0 Å². The van der Waals surface area contributed by atoms with Gasteiger partial charge in [0.05, 0.1) is 11.9 Å². The summed E-state index contributed by atoms with van der Waals surface area (Å²) < 4.78 is 19.8. The maximum absolute atomic E-state index is 14.0. The summed E-state index contributed by atoms with van der Waals surface area (Å²) in [6, 6.07) is 7.02. The normalized spacial score (nSPS) is 15.8. The Morgan fingerprint density at radius 3 is 2.56 bits per heavy atom. The van der Waals surface area contributed by atoms with Crippen LogP contribution < -0.4 is 15.5 Å². The van der Waals surface area contributed by atoms with Crippen LogP contribution in [0.25, 0.3) is 0 Å². The number of oxazole rings is 1. The van der Waals surface area contributed by atoms with Gasteiger partial charge >= 0.3 is 0 Å². The van der Waals surface area contributed by atoms with Gasteiger partial charge in [-0.25, -0.2) is 14.4 Å². The minimum Gasteiger partial charge on any atom is -0.443 e. The third-order valence-electron chi connectivity index (χ3n) is 5.52. The van der Waals surface area contributed by atoms with Crippen LogP contribution >= 0.6 is 0 Å². The lowest BCUT2D eigenvalue weighted by molar-refractivity contribution is 0.254. The molecule has 2 aromatic rings. The first-order chi connectivity index (χ1) is 15.4. The number of nitrogens with one attached hydrogen (secondary N) is 2. The Kier molecular flexibility index (Phi) is 8.50. The first-order valence-corrected chi connectivity index (χ1v) is 11.6. The fourth-order valence-corrected chi connectivity index (χ4v) is 3.65. The van der Waals surface area contributed by atoms with Crippen molar-refractivity contribution in [3.63, 3.8) is 0 Å². The molecular formula is C24H37FN6O. The number of para-hydroxylation sites is 1. The highest BCUT2D eigenvalue weighted by molar-refractivity contribution is 5.79. The Morgan fingerprint density at radius 2 is 1.91 bits per heavy atom. The average Bonchev–Trinajstić information content (AvgIpc) is 3.26. The van der Waals surface area contributed by atoms with E-state index in [0.717, 1.165) is 64.0 Å². The number of aliphatic imine (C=N–C) groups is 1. The number of hydrogen-bond donors (Lipinski definition) is 2. The van der Waals surface area contributed by atoms with Gasteiger partial charge in [0.25, 0.3) is 0 Å². The van der Waals surface area contributed by atoms with Crippen LogP contribution in [0.5, 0.6) is 0 Å². The van der Waals surface area contributed by atoms with Crippen LogP contribution in [0.2, 0.25) is 0 Å². The van der Waals surface area contributed by atoms with Gasteiger partial charge in [-0.15, -0.1) is 0 Å². The monoisotopic (exact) mass is 444 g/mol. The summed E-state index contributed by atoms with van der Waals surface area (Å²) in [5.74, 6) is 2.13. The lowest BCUT2D eigenvalue weighted by atomic mass is 9.94. The molecule has 7 nitrogen and oxygen atoms in total. The Labute approximate surface area is 191 Å². The van der Waals surface area contributed by atoms with Crippen LogP contribution in [-0.4, -0.2) is 61.7 Å². The molecule has 2 N–H and O–H groups in total. The molecule has 0 aliphatic carbocycles. The third-order valence-corrected chi connectivity index (χ3v) is 5.52. The van der Waals surface area contributed by atoms with Gasteiger partial charge in [-0.3, -0.25) is 4.90 Å². The van der Waals surface area contributed by atoms with Gasteiger partial charge in [-0.2, -0.15) is 0 Å². The predicted molar refractivity (Wildman–Crippen MR) is 128 cm³/mol. The summed E-state index contributed by atoms with van der Waals surface area (Å²) in [6.07, 6.45) is 2.80. The van der Waals surface area contributed by atoms with Crippen molar-refractivity contribution in [2.75, 3.05) is 50.7 Å². The SMILES string of the molecule is CCNC(=NCc1ncc(C(C)(C)C)o1)NCCCN1CCN(c2ccccc2F)CC1. The van der Waals surface area contributed by atoms with Gasteiger partial charge in [-0.1, -0.05) is 32.9 Å². The van der Waals surface area contributed by atoms with E-state index in [4.69, 9.17) is 4.42 Å². The van der Waals surface area contributed by atoms with Gasteiger partial charge in [0.1, 0.15) is 18.1 Å². The summed E-state index contributed by atoms with van der Waals surface area (Å²) in [7, 11) is 0. The number of anilines is 1. The zero-order valence-electron chi connectivity index (χ0n) is 19.8. The molecule has 176 valence electrons. The maximum atomic E-state index is 14.0. The highest BCUT2D eigenvalue weighted by atomic mass is 19.1. The Bertz CT molecular complexity index is 867. The molecule has 1 aliphatic heterocycles. The number of nitrogens with zero attached hydrogens (tertiary/aromatic N) is 4. The van der Waals surface area contributed by atoms with Crippen LogP contribution in [0.15, 0.2) is 39.9 Å². The van der Waals surface area contributed by atoms with Crippen molar-refractivity contribution >= 4 is 11.6 Å². The van der Waals surface area contributed by atoms with Gasteiger partial charge in [-0.05, 0) is 32.0 Å². The van der Waals surface area contributed by atoms with Crippen molar-refractivity contribution in [3.8, 4) is 0 Å². The second-order valence-electron chi connectivity index (χ2n) is 9.12. The molecule has 0 atom stereocenters. The van der Waals surface area contributed by atoms with Crippen molar-refractivity contribution in [2.45, 2.75) is 46.1 Å². The van der Waals surface area contributed by atoms with E-state index in [9.17, 15) is 4.39 Å². The molecule has 0 saturated carbocycles. The Hall–Kier alpha value is -2.61. The van der Waals surface area contributed by atoms with E-state index >= 15 is 0 Å². The molecule has 0 unspecified atom stereocenters. The molecule has 32 heavy (non-hydrogen) atoms. The van der Waals surface area contributed by atoms with Crippen molar-refractivity contribution in [2.24, 2.45) is 4.99 Å². The number of guanidine groups is 1. The summed E-state index contributed by atoms with van der Waals surface area (Å²) in [6.45, 7) is 15.0. The number of halogens is 1. The fourth-order valence-electron chi connectivity index (χ4n) is 3.65. The first kappa shape index (κ1) is 24.0. The zero-order chi connectivity index (χ0) is 23.0. The molecule has 0 amide bonds. The number of aromatic nitrogens is 1. The lowest BCUT2D eigenvalue weighted by Gasteiger charge is -2.36. The topological polar surface area (TPSA) is 68.9 Å². The van der Waals surface area contributed by atoms with Crippen LogP contribution in [0.1, 0.15) is 45.8 Å². The predicted octanol–water partition coefficient (Wildman–Crippen LogP) is 3.38. The Morgan fingerprint density at radius 1 is 1.16 bits per heavy atom. The maximum Gasteiger partial charge on any atom is 0.216 e. The zero-order valence-corrected chi connectivity index (χ0v) is 19.8. The summed E-state index contributed by atoms with van der Waals surface area (Å²) in [5.41, 5.74) is 0.652. The number of hydrogen-bond acceptors (Lipinski definition) is 5. The van der Waals surface area contributed by atoms with Gasteiger partial charge in [0.15, 0.2) is 5.96 Å².